The number of carbonyl (C=O) groups is 3. The van der Waals surface area contributed by atoms with Crippen molar-refractivity contribution in [2.24, 2.45) is 0 Å². The fourth-order valence-corrected chi connectivity index (χ4v) is 4.73. The van der Waals surface area contributed by atoms with Gasteiger partial charge in [-0.25, -0.2) is 4.79 Å². The number of unbranched alkanes of at least 4 members (excludes halogenated alkanes) is 1. The molecular formula is C24H22BrN3O5. The first kappa shape index (κ1) is 21.9. The molecule has 4 heterocycles. The van der Waals surface area contributed by atoms with Gasteiger partial charge in [-0.2, -0.15) is 0 Å². The highest BCUT2D eigenvalue weighted by atomic mass is 79.9. The zero-order valence-electron chi connectivity index (χ0n) is 17.9. The average molecular weight is 512 g/mol. The Bertz CT molecular complexity index is 1260. The van der Waals surface area contributed by atoms with Crippen molar-refractivity contribution in [3.63, 3.8) is 0 Å². The Hall–Kier alpha value is -2.88. The Labute approximate surface area is 198 Å². The molecule has 9 heteroatoms. The Morgan fingerprint density at radius 3 is 2.76 bits per heavy atom. The number of carbonyl (C=O) groups excluding carboxylic acids is 3. The van der Waals surface area contributed by atoms with E-state index >= 15 is 0 Å². The monoisotopic (exact) mass is 511 g/mol. The first-order valence-corrected chi connectivity index (χ1v) is 11.7. The van der Waals surface area contributed by atoms with Gasteiger partial charge in [0.05, 0.1) is 42.0 Å². The molecule has 33 heavy (non-hydrogen) atoms. The first-order valence-electron chi connectivity index (χ1n) is 10.9. The predicted octanol–water partition coefficient (Wildman–Crippen LogP) is 3.14. The summed E-state index contributed by atoms with van der Waals surface area (Å²) >= 11 is 3.40. The van der Waals surface area contributed by atoms with E-state index in [1.165, 1.54) is 6.20 Å². The average Bonchev–Trinajstić information content (AvgIpc) is 3.17. The van der Waals surface area contributed by atoms with E-state index in [0.29, 0.717) is 16.4 Å². The number of ether oxygens (including phenoxy) is 2. The first-order chi connectivity index (χ1) is 16.1. The lowest BCUT2D eigenvalue weighted by atomic mass is 9.89. The van der Waals surface area contributed by atoms with Gasteiger partial charge in [0.1, 0.15) is 11.4 Å². The molecule has 1 aliphatic heterocycles. The second-order valence-electron chi connectivity index (χ2n) is 8.06. The number of nitrogens with zero attached hydrogens (tertiary/aromatic N) is 3. The Kier molecular flexibility index (Phi) is 6.09. The van der Waals surface area contributed by atoms with Gasteiger partial charge in [-0.15, -0.1) is 0 Å². The maximum Gasteiger partial charge on any atom is 0.341 e. The van der Waals surface area contributed by atoms with Crippen molar-refractivity contribution in [2.45, 2.75) is 12.8 Å². The van der Waals surface area contributed by atoms with Gasteiger partial charge in [0.25, 0.3) is 0 Å². The number of esters is 1. The van der Waals surface area contributed by atoms with E-state index in [4.69, 9.17) is 9.47 Å². The summed E-state index contributed by atoms with van der Waals surface area (Å²) in [5.41, 5.74) is 1.09. The normalized spacial score (nSPS) is 16.0. The van der Waals surface area contributed by atoms with Crippen molar-refractivity contribution in [3.05, 3.63) is 69.2 Å². The van der Waals surface area contributed by atoms with Crippen molar-refractivity contribution >= 4 is 39.0 Å². The minimum absolute atomic E-state index is 0.0805. The van der Waals surface area contributed by atoms with Gasteiger partial charge in [-0.1, -0.05) is 0 Å². The van der Waals surface area contributed by atoms with E-state index in [2.05, 4.69) is 25.8 Å². The van der Waals surface area contributed by atoms with Gasteiger partial charge in [0, 0.05) is 30.0 Å². The summed E-state index contributed by atoms with van der Waals surface area (Å²) in [7, 11) is 0. The van der Waals surface area contributed by atoms with Crippen LogP contribution in [0.5, 0.6) is 0 Å². The number of morpholine rings is 1. The summed E-state index contributed by atoms with van der Waals surface area (Å²) in [6.45, 7) is 4.52. The van der Waals surface area contributed by atoms with Crippen LogP contribution >= 0.6 is 15.9 Å². The number of hydrogen-bond acceptors (Lipinski definition) is 7. The van der Waals surface area contributed by atoms with Crippen LogP contribution in [0.15, 0.2) is 41.1 Å². The fraction of sp³-hybridized carbons (Fsp3) is 0.333. The molecule has 1 fully saturated rings. The van der Waals surface area contributed by atoms with Crippen LogP contribution in [0.3, 0.4) is 0 Å². The lowest BCUT2D eigenvalue weighted by Crippen LogP contribution is -2.36. The number of halogens is 1. The van der Waals surface area contributed by atoms with Gasteiger partial charge in [-0.05, 0) is 59.6 Å². The zero-order valence-corrected chi connectivity index (χ0v) is 19.5. The lowest BCUT2D eigenvalue weighted by Gasteiger charge is -2.26. The number of pyridine rings is 2. The molecule has 0 N–H and O–H groups in total. The number of rotatable bonds is 6. The Morgan fingerprint density at radius 1 is 1.12 bits per heavy atom. The van der Waals surface area contributed by atoms with E-state index in [-0.39, 0.29) is 34.7 Å². The van der Waals surface area contributed by atoms with Gasteiger partial charge in [0.15, 0.2) is 5.78 Å². The third-order valence-corrected chi connectivity index (χ3v) is 6.48. The van der Waals surface area contributed by atoms with Crippen LogP contribution in [0.25, 0.3) is 5.52 Å². The maximum atomic E-state index is 13.3. The standard InChI is InChI=1S/C24H22BrN3O5/c25-15-5-6-17-18(24(31)33-11-2-1-8-27-9-12-32-13-10-27)19-21(28(17)14-15)23(30)20-16(22(19)29)4-3-7-26-20/h3-7,14H,1-2,8-13H2. The van der Waals surface area contributed by atoms with E-state index in [0.717, 1.165) is 39.3 Å². The molecule has 0 radical (unpaired) electrons. The SMILES string of the molecule is O=C1c2cccnc2C(=O)c2c1c(C(=O)OCCCCN1CCOCC1)c1ccc(Br)cn21. The number of fused-ring (bicyclic) bond motifs is 4. The molecule has 3 aromatic rings. The molecule has 0 unspecified atom stereocenters. The summed E-state index contributed by atoms with van der Waals surface area (Å²) in [6.07, 6.45) is 4.76. The third-order valence-electron chi connectivity index (χ3n) is 6.02. The minimum Gasteiger partial charge on any atom is -0.462 e. The molecule has 8 nitrogen and oxygen atoms in total. The smallest absolute Gasteiger partial charge is 0.341 e. The molecule has 170 valence electrons. The zero-order chi connectivity index (χ0) is 22.9. The molecule has 3 aromatic heterocycles. The van der Waals surface area contributed by atoms with Gasteiger partial charge in [-0.3, -0.25) is 19.5 Å². The van der Waals surface area contributed by atoms with Crippen LogP contribution in [0, 0.1) is 0 Å². The largest absolute Gasteiger partial charge is 0.462 e. The second kappa shape index (κ2) is 9.17. The van der Waals surface area contributed by atoms with Crippen molar-refractivity contribution in [1.82, 2.24) is 14.3 Å². The van der Waals surface area contributed by atoms with Crippen LogP contribution in [0.2, 0.25) is 0 Å². The molecule has 2 aliphatic rings. The van der Waals surface area contributed by atoms with Crippen LogP contribution in [0.1, 0.15) is 55.3 Å². The summed E-state index contributed by atoms with van der Waals surface area (Å²) in [6, 6.07) is 6.63. The van der Waals surface area contributed by atoms with Crippen LogP contribution in [0.4, 0.5) is 0 Å². The summed E-state index contributed by atoms with van der Waals surface area (Å²) in [4.78, 5) is 46.2. The molecule has 0 atom stereocenters. The minimum atomic E-state index is -0.601. The van der Waals surface area contributed by atoms with Crippen molar-refractivity contribution in [2.75, 3.05) is 39.5 Å². The van der Waals surface area contributed by atoms with E-state index in [9.17, 15) is 14.4 Å². The van der Waals surface area contributed by atoms with Gasteiger partial charge < -0.3 is 13.9 Å². The Morgan fingerprint density at radius 2 is 1.94 bits per heavy atom. The van der Waals surface area contributed by atoms with Gasteiger partial charge >= 0.3 is 5.97 Å². The fourth-order valence-electron chi connectivity index (χ4n) is 4.40. The number of hydrogen-bond donors (Lipinski definition) is 0. The molecule has 0 aromatic carbocycles. The Balaban J connectivity index is 1.41. The second-order valence-corrected chi connectivity index (χ2v) is 8.97. The topological polar surface area (TPSA) is 90.2 Å². The molecule has 1 aliphatic carbocycles. The molecule has 0 bridgehead atoms. The van der Waals surface area contributed by atoms with Crippen molar-refractivity contribution in [3.8, 4) is 0 Å². The molecule has 5 rings (SSSR count). The highest BCUT2D eigenvalue weighted by Crippen LogP contribution is 2.34. The third kappa shape index (κ3) is 4.01. The highest BCUT2D eigenvalue weighted by molar-refractivity contribution is 9.10. The summed E-state index contributed by atoms with van der Waals surface area (Å²) < 4.78 is 13.2. The van der Waals surface area contributed by atoms with E-state index in [1.807, 2.05) is 0 Å². The molecular weight excluding hydrogens is 490 g/mol. The summed E-state index contributed by atoms with van der Waals surface area (Å²) in [5, 5.41) is 0. The summed E-state index contributed by atoms with van der Waals surface area (Å²) in [5.74, 6) is -1.39. The number of aromatic nitrogens is 2. The van der Waals surface area contributed by atoms with Crippen molar-refractivity contribution < 1.29 is 23.9 Å². The van der Waals surface area contributed by atoms with Crippen LogP contribution < -0.4 is 0 Å². The molecule has 0 saturated carbocycles. The van der Waals surface area contributed by atoms with E-state index < -0.39 is 17.5 Å². The van der Waals surface area contributed by atoms with Crippen molar-refractivity contribution in [1.29, 1.82) is 0 Å². The highest BCUT2D eigenvalue weighted by Gasteiger charge is 2.39. The van der Waals surface area contributed by atoms with E-state index in [1.54, 1.807) is 34.9 Å². The predicted molar refractivity (Wildman–Crippen MR) is 123 cm³/mol. The lowest BCUT2D eigenvalue weighted by molar-refractivity contribution is 0.0348. The molecule has 1 saturated heterocycles. The quantitative estimate of drug-likeness (QED) is 0.290. The van der Waals surface area contributed by atoms with Crippen LogP contribution in [-0.4, -0.2) is 71.3 Å². The van der Waals surface area contributed by atoms with Crippen LogP contribution in [-0.2, 0) is 9.47 Å². The van der Waals surface area contributed by atoms with Gasteiger partial charge in [0.2, 0.25) is 5.78 Å². The molecule has 0 amide bonds. The molecule has 0 spiro atoms. The maximum absolute atomic E-state index is 13.3. The number of ketones is 2.